The van der Waals surface area contributed by atoms with Crippen molar-refractivity contribution < 1.29 is 31.9 Å². The molecule has 0 unspecified atom stereocenters. The van der Waals surface area contributed by atoms with Crippen molar-refractivity contribution in [2.75, 3.05) is 0 Å². The first-order valence-electron chi connectivity index (χ1n) is 7.76. The molecule has 0 aromatic heterocycles. The fraction of sp³-hybridized carbons (Fsp3) is 0.500. The van der Waals surface area contributed by atoms with Crippen molar-refractivity contribution in [2.45, 2.75) is 48.8 Å². The van der Waals surface area contributed by atoms with E-state index in [1.807, 2.05) is 6.92 Å². The van der Waals surface area contributed by atoms with Crippen molar-refractivity contribution in [3.8, 4) is 0 Å². The molecule has 1 aromatic rings. The molecule has 1 aromatic carbocycles. The van der Waals surface area contributed by atoms with Gasteiger partial charge in [-0.05, 0) is 55.9 Å². The van der Waals surface area contributed by atoms with Crippen LogP contribution in [0.5, 0.6) is 0 Å². The Balaban J connectivity index is 2.19. The van der Waals surface area contributed by atoms with Gasteiger partial charge in [0.25, 0.3) is 5.91 Å². The number of rotatable bonds is 5. The molecule has 2 rings (SSSR count). The fourth-order valence-electron chi connectivity index (χ4n) is 2.84. The highest BCUT2D eigenvalue weighted by atomic mass is 32.2. The zero-order chi connectivity index (χ0) is 18.8. The number of carbonyl (C=O) groups is 2. The fourth-order valence-corrected chi connectivity index (χ4v) is 3.56. The predicted octanol–water partition coefficient (Wildman–Crippen LogP) is 2.45. The van der Waals surface area contributed by atoms with Crippen molar-refractivity contribution >= 4 is 21.7 Å². The van der Waals surface area contributed by atoms with Crippen LogP contribution in [0, 0.1) is 5.92 Å². The summed E-state index contributed by atoms with van der Waals surface area (Å²) < 4.78 is 47.8. The van der Waals surface area contributed by atoms with Gasteiger partial charge in [-0.15, -0.1) is 0 Å². The minimum absolute atomic E-state index is 0.00691. The SMILES string of the molecule is CC1CCC(NC(=O)c2ccc(S(=O)(=O)C(F)F)cc2)(C(=O)O)CC1. The minimum atomic E-state index is -4.74. The van der Waals surface area contributed by atoms with Gasteiger partial charge in [0.15, 0.2) is 0 Å². The maximum absolute atomic E-state index is 12.5. The topological polar surface area (TPSA) is 101 Å². The van der Waals surface area contributed by atoms with Crippen molar-refractivity contribution in [3.63, 3.8) is 0 Å². The van der Waals surface area contributed by atoms with Crippen molar-refractivity contribution in [1.29, 1.82) is 0 Å². The quantitative estimate of drug-likeness (QED) is 0.823. The van der Waals surface area contributed by atoms with Crippen LogP contribution in [0.3, 0.4) is 0 Å². The molecule has 1 saturated carbocycles. The van der Waals surface area contributed by atoms with Crippen molar-refractivity contribution in [3.05, 3.63) is 29.8 Å². The number of hydrogen-bond donors (Lipinski definition) is 2. The number of halogens is 2. The molecule has 0 saturated heterocycles. The zero-order valence-corrected chi connectivity index (χ0v) is 14.4. The van der Waals surface area contributed by atoms with Gasteiger partial charge in [-0.3, -0.25) is 4.79 Å². The van der Waals surface area contributed by atoms with E-state index < -0.39 is 37.9 Å². The van der Waals surface area contributed by atoms with E-state index in [2.05, 4.69) is 5.32 Å². The molecule has 1 fully saturated rings. The normalized spacial score (nSPS) is 24.1. The van der Waals surface area contributed by atoms with E-state index in [4.69, 9.17) is 0 Å². The third-order valence-electron chi connectivity index (χ3n) is 4.57. The molecule has 6 nitrogen and oxygen atoms in total. The number of carboxylic acid groups (broad SMARTS) is 1. The molecule has 0 radical (unpaired) electrons. The Morgan fingerprint density at radius 3 is 2.16 bits per heavy atom. The van der Waals surface area contributed by atoms with Crippen LogP contribution in [-0.2, 0) is 14.6 Å². The maximum atomic E-state index is 12.5. The first-order valence-corrected chi connectivity index (χ1v) is 9.31. The number of carboxylic acids is 1. The summed E-state index contributed by atoms with van der Waals surface area (Å²) in [6.07, 6.45) is 1.93. The first-order chi connectivity index (χ1) is 11.6. The largest absolute Gasteiger partial charge is 0.480 e. The Morgan fingerprint density at radius 1 is 1.20 bits per heavy atom. The Hall–Kier alpha value is -2.03. The van der Waals surface area contributed by atoms with Crippen LogP contribution in [0.15, 0.2) is 29.2 Å². The lowest BCUT2D eigenvalue weighted by molar-refractivity contribution is -0.146. The summed E-state index contributed by atoms with van der Waals surface area (Å²) in [7, 11) is -4.74. The maximum Gasteiger partial charge on any atom is 0.341 e. The van der Waals surface area contributed by atoms with Crippen LogP contribution in [0.4, 0.5) is 8.78 Å². The van der Waals surface area contributed by atoms with Gasteiger partial charge in [-0.1, -0.05) is 6.92 Å². The molecular formula is C16H19F2NO5S. The summed E-state index contributed by atoms with van der Waals surface area (Å²) >= 11 is 0. The highest BCUT2D eigenvalue weighted by Gasteiger charge is 2.42. The van der Waals surface area contributed by atoms with E-state index in [1.165, 1.54) is 0 Å². The van der Waals surface area contributed by atoms with Crippen LogP contribution >= 0.6 is 0 Å². The molecule has 25 heavy (non-hydrogen) atoms. The molecule has 0 bridgehead atoms. The van der Waals surface area contributed by atoms with Gasteiger partial charge < -0.3 is 10.4 Å². The van der Waals surface area contributed by atoms with Crippen LogP contribution in [-0.4, -0.2) is 36.7 Å². The van der Waals surface area contributed by atoms with E-state index in [9.17, 15) is 31.9 Å². The molecule has 9 heteroatoms. The zero-order valence-electron chi connectivity index (χ0n) is 13.5. The van der Waals surface area contributed by atoms with Crippen molar-refractivity contribution in [1.82, 2.24) is 5.32 Å². The minimum Gasteiger partial charge on any atom is -0.480 e. The van der Waals surface area contributed by atoms with Gasteiger partial charge in [0, 0.05) is 5.56 Å². The second-order valence-corrected chi connectivity index (χ2v) is 8.27. The Morgan fingerprint density at radius 2 is 1.72 bits per heavy atom. The van der Waals surface area contributed by atoms with Gasteiger partial charge in [0.05, 0.1) is 4.90 Å². The molecular weight excluding hydrogens is 356 g/mol. The number of benzene rings is 1. The summed E-state index contributed by atoms with van der Waals surface area (Å²) in [5.41, 5.74) is -1.36. The molecule has 0 spiro atoms. The molecule has 0 aliphatic heterocycles. The van der Waals surface area contributed by atoms with E-state index >= 15 is 0 Å². The second-order valence-electron chi connectivity index (χ2n) is 6.35. The van der Waals surface area contributed by atoms with Crippen molar-refractivity contribution in [2.24, 2.45) is 5.92 Å². The molecule has 2 N–H and O–H groups in total. The molecule has 0 heterocycles. The first kappa shape index (κ1) is 19.3. The van der Waals surface area contributed by atoms with E-state index in [1.54, 1.807) is 0 Å². The number of aliphatic carboxylic acids is 1. The van der Waals surface area contributed by atoms with Gasteiger partial charge in [0.2, 0.25) is 9.84 Å². The van der Waals surface area contributed by atoms with Crippen LogP contribution in [0.25, 0.3) is 0 Å². The summed E-state index contributed by atoms with van der Waals surface area (Å²) in [6, 6.07) is 4.00. The Labute approximate surface area is 144 Å². The van der Waals surface area contributed by atoms with Gasteiger partial charge in [-0.25, -0.2) is 13.2 Å². The highest BCUT2D eigenvalue weighted by molar-refractivity contribution is 7.91. The average Bonchev–Trinajstić information content (AvgIpc) is 2.56. The molecule has 1 aliphatic carbocycles. The van der Waals surface area contributed by atoms with E-state index in [0.717, 1.165) is 24.3 Å². The molecule has 138 valence electrons. The predicted molar refractivity (Wildman–Crippen MR) is 85.1 cm³/mol. The molecule has 0 atom stereocenters. The third kappa shape index (κ3) is 3.97. The average molecular weight is 375 g/mol. The number of nitrogens with one attached hydrogen (secondary N) is 1. The number of hydrogen-bond acceptors (Lipinski definition) is 4. The number of sulfone groups is 1. The number of carbonyl (C=O) groups excluding carboxylic acids is 1. The van der Waals surface area contributed by atoms with E-state index in [0.29, 0.717) is 31.6 Å². The third-order valence-corrected chi connectivity index (χ3v) is 5.97. The smallest absolute Gasteiger partial charge is 0.341 e. The summed E-state index contributed by atoms with van der Waals surface area (Å²) in [5, 5.41) is 12.0. The van der Waals surface area contributed by atoms with Crippen LogP contribution in [0.1, 0.15) is 43.0 Å². The van der Waals surface area contributed by atoms with E-state index in [-0.39, 0.29) is 5.56 Å². The monoisotopic (exact) mass is 375 g/mol. The van der Waals surface area contributed by atoms with Crippen LogP contribution < -0.4 is 5.32 Å². The molecule has 1 amide bonds. The Kier molecular flexibility index (Phi) is 5.46. The summed E-state index contributed by atoms with van der Waals surface area (Å²) in [6.45, 7) is 2.01. The number of alkyl halides is 2. The summed E-state index contributed by atoms with van der Waals surface area (Å²) in [4.78, 5) is 23.4. The second kappa shape index (κ2) is 7.07. The van der Waals surface area contributed by atoms with Gasteiger partial charge >= 0.3 is 11.7 Å². The lowest BCUT2D eigenvalue weighted by Gasteiger charge is -2.36. The summed E-state index contributed by atoms with van der Waals surface area (Å²) in [5.74, 6) is -4.97. The van der Waals surface area contributed by atoms with Crippen LogP contribution in [0.2, 0.25) is 0 Å². The molecule has 1 aliphatic rings. The standard InChI is InChI=1S/C16H19F2NO5S/c1-10-6-8-16(9-7-10,14(21)22)19-13(20)11-2-4-12(5-3-11)25(23,24)15(17)18/h2-5,10,15H,6-9H2,1H3,(H,19,20)(H,21,22). The highest BCUT2D eigenvalue weighted by Crippen LogP contribution is 2.32. The van der Waals surface area contributed by atoms with Gasteiger partial charge in [0.1, 0.15) is 5.54 Å². The lowest BCUT2D eigenvalue weighted by atomic mass is 9.77. The lowest BCUT2D eigenvalue weighted by Crippen LogP contribution is -2.56. The number of amides is 1. The van der Waals surface area contributed by atoms with Gasteiger partial charge in [-0.2, -0.15) is 8.78 Å². The Bertz CT molecular complexity index is 753.